The van der Waals surface area contributed by atoms with Gasteiger partial charge in [0.25, 0.3) is 5.91 Å². The van der Waals surface area contributed by atoms with Gasteiger partial charge in [-0.1, -0.05) is 30.3 Å². The minimum absolute atomic E-state index is 0.226. The van der Waals surface area contributed by atoms with E-state index in [1.807, 2.05) is 78.9 Å². The Morgan fingerprint density at radius 1 is 0.971 bits per heavy atom. The molecule has 34 heavy (non-hydrogen) atoms. The van der Waals surface area contributed by atoms with Crippen LogP contribution in [0.2, 0.25) is 0 Å². The molecule has 0 aliphatic heterocycles. The van der Waals surface area contributed by atoms with Crippen LogP contribution in [0.15, 0.2) is 97.5 Å². The van der Waals surface area contributed by atoms with Crippen LogP contribution in [0.1, 0.15) is 15.9 Å². The Kier molecular flexibility index (Phi) is 5.90. The van der Waals surface area contributed by atoms with Crippen molar-refractivity contribution in [2.24, 2.45) is 0 Å². The third-order valence-corrected chi connectivity index (χ3v) is 5.47. The first-order valence-corrected chi connectivity index (χ1v) is 10.9. The van der Waals surface area contributed by atoms with Gasteiger partial charge in [-0.25, -0.2) is 4.98 Å². The minimum Gasteiger partial charge on any atom is -0.497 e. The number of carbonyl (C=O) groups is 1. The number of anilines is 1. The number of imidazole rings is 1. The number of nitrogens with zero attached hydrogens (tertiary/aromatic N) is 3. The second kappa shape index (κ2) is 9.46. The molecule has 0 atom stereocenters. The number of amides is 1. The van der Waals surface area contributed by atoms with Crippen LogP contribution in [0.3, 0.4) is 0 Å². The standard InChI is InChI=1S/C27H23N5O2/c1-34-23-13-9-20(10-14-23)25-24(18-32(31-25)17-19-5-3-2-4-6-19)27(33)30-22-11-7-21(8-12-22)26-28-15-16-29-26/h2-16,18H,17H2,1H3,(H,28,29)(H,30,33). The first-order valence-electron chi connectivity index (χ1n) is 10.9. The van der Waals surface area contributed by atoms with Crippen LogP contribution in [0.5, 0.6) is 5.75 Å². The predicted molar refractivity (Wildman–Crippen MR) is 132 cm³/mol. The van der Waals surface area contributed by atoms with Gasteiger partial charge < -0.3 is 15.0 Å². The third-order valence-electron chi connectivity index (χ3n) is 5.47. The summed E-state index contributed by atoms with van der Waals surface area (Å²) in [4.78, 5) is 20.6. The zero-order chi connectivity index (χ0) is 23.3. The van der Waals surface area contributed by atoms with Crippen LogP contribution >= 0.6 is 0 Å². The fourth-order valence-electron chi connectivity index (χ4n) is 3.73. The molecule has 0 bridgehead atoms. The van der Waals surface area contributed by atoms with Gasteiger partial charge >= 0.3 is 0 Å². The number of hydrogen-bond donors (Lipinski definition) is 2. The quantitative estimate of drug-likeness (QED) is 0.355. The molecule has 5 aromatic rings. The molecule has 0 fully saturated rings. The Bertz CT molecular complexity index is 1370. The first kappa shape index (κ1) is 21.2. The average molecular weight is 450 g/mol. The van der Waals surface area contributed by atoms with Crippen molar-refractivity contribution in [1.29, 1.82) is 0 Å². The van der Waals surface area contributed by atoms with Crippen molar-refractivity contribution in [2.45, 2.75) is 6.54 Å². The van der Waals surface area contributed by atoms with Gasteiger partial charge in [0.1, 0.15) is 17.3 Å². The third kappa shape index (κ3) is 4.59. The number of benzene rings is 3. The molecule has 2 heterocycles. The van der Waals surface area contributed by atoms with Crippen molar-refractivity contribution in [3.05, 3.63) is 109 Å². The van der Waals surface area contributed by atoms with Gasteiger partial charge in [0.15, 0.2) is 0 Å². The highest BCUT2D eigenvalue weighted by Gasteiger charge is 2.19. The van der Waals surface area contributed by atoms with E-state index in [0.29, 0.717) is 23.5 Å². The molecule has 0 spiro atoms. The molecule has 0 saturated heterocycles. The molecule has 7 heteroatoms. The summed E-state index contributed by atoms with van der Waals surface area (Å²) in [6.45, 7) is 0.565. The summed E-state index contributed by atoms with van der Waals surface area (Å²) in [5.74, 6) is 1.30. The summed E-state index contributed by atoms with van der Waals surface area (Å²) in [5, 5.41) is 7.74. The highest BCUT2D eigenvalue weighted by Crippen LogP contribution is 2.26. The Labute approximate surface area is 197 Å². The summed E-state index contributed by atoms with van der Waals surface area (Å²) in [7, 11) is 1.62. The summed E-state index contributed by atoms with van der Waals surface area (Å²) in [6, 6.07) is 25.1. The van der Waals surface area contributed by atoms with Crippen molar-refractivity contribution >= 4 is 11.6 Å². The molecule has 0 saturated carbocycles. The molecule has 7 nitrogen and oxygen atoms in total. The molecular weight excluding hydrogens is 426 g/mol. The van der Waals surface area contributed by atoms with E-state index in [4.69, 9.17) is 9.84 Å². The minimum atomic E-state index is -0.226. The first-order chi connectivity index (χ1) is 16.7. The Hall–Kier alpha value is -4.65. The monoisotopic (exact) mass is 449 g/mol. The smallest absolute Gasteiger partial charge is 0.259 e. The highest BCUT2D eigenvalue weighted by molar-refractivity contribution is 6.08. The number of hydrogen-bond acceptors (Lipinski definition) is 4. The second-order valence-corrected chi connectivity index (χ2v) is 7.77. The number of H-pyrrole nitrogens is 1. The number of aromatic nitrogens is 4. The summed E-state index contributed by atoms with van der Waals surface area (Å²) < 4.78 is 7.07. The lowest BCUT2D eigenvalue weighted by Crippen LogP contribution is -2.12. The SMILES string of the molecule is COc1ccc(-c2nn(Cc3ccccc3)cc2C(=O)Nc2ccc(-c3ncc[nH]3)cc2)cc1. The summed E-state index contributed by atoms with van der Waals surface area (Å²) in [5.41, 5.74) is 4.69. The maximum Gasteiger partial charge on any atom is 0.259 e. The number of carbonyl (C=O) groups excluding carboxylic acids is 1. The Morgan fingerprint density at radius 2 is 1.71 bits per heavy atom. The van der Waals surface area contributed by atoms with Crippen molar-refractivity contribution in [1.82, 2.24) is 19.7 Å². The van der Waals surface area contributed by atoms with E-state index in [-0.39, 0.29) is 5.91 Å². The Balaban J connectivity index is 1.43. The lowest BCUT2D eigenvalue weighted by Gasteiger charge is -2.07. The maximum atomic E-state index is 13.3. The van der Waals surface area contributed by atoms with E-state index in [0.717, 1.165) is 28.3 Å². The summed E-state index contributed by atoms with van der Waals surface area (Å²) in [6.07, 6.45) is 5.27. The molecule has 3 aromatic carbocycles. The fourth-order valence-corrected chi connectivity index (χ4v) is 3.73. The number of nitrogens with one attached hydrogen (secondary N) is 2. The molecule has 1 amide bonds. The van der Waals surface area contributed by atoms with E-state index in [9.17, 15) is 4.79 Å². The topological polar surface area (TPSA) is 84.8 Å². The molecule has 5 rings (SSSR count). The molecule has 0 aliphatic carbocycles. The van der Waals surface area contributed by atoms with Gasteiger partial charge in [-0.3, -0.25) is 9.48 Å². The number of aromatic amines is 1. The predicted octanol–water partition coefficient (Wildman–Crippen LogP) is 5.25. The average Bonchev–Trinajstić information content (AvgIpc) is 3.56. The zero-order valence-electron chi connectivity index (χ0n) is 18.6. The molecule has 168 valence electrons. The van der Waals surface area contributed by atoms with Gasteiger partial charge in [-0.2, -0.15) is 5.10 Å². The lowest BCUT2D eigenvalue weighted by atomic mass is 10.1. The highest BCUT2D eigenvalue weighted by atomic mass is 16.5. The van der Waals surface area contributed by atoms with E-state index >= 15 is 0 Å². The van der Waals surface area contributed by atoms with E-state index in [2.05, 4.69) is 15.3 Å². The van der Waals surface area contributed by atoms with Crippen LogP contribution in [0.25, 0.3) is 22.6 Å². The van der Waals surface area contributed by atoms with Crippen molar-refractivity contribution in [3.63, 3.8) is 0 Å². The second-order valence-electron chi connectivity index (χ2n) is 7.77. The molecule has 2 N–H and O–H groups in total. The van der Waals surface area contributed by atoms with E-state index < -0.39 is 0 Å². The maximum absolute atomic E-state index is 13.3. The Morgan fingerprint density at radius 3 is 2.38 bits per heavy atom. The normalized spacial score (nSPS) is 10.7. The van der Waals surface area contributed by atoms with Crippen LogP contribution in [0.4, 0.5) is 5.69 Å². The lowest BCUT2D eigenvalue weighted by molar-refractivity contribution is 0.102. The molecule has 0 radical (unpaired) electrons. The van der Waals surface area contributed by atoms with Crippen molar-refractivity contribution < 1.29 is 9.53 Å². The van der Waals surface area contributed by atoms with Gasteiger partial charge in [-0.15, -0.1) is 0 Å². The largest absolute Gasteiger partial charge is 0.497 e. The molecule has 0 aliphatic rings. The molecule has 0 unspecified atom stereocenters. The van der Waals surface area contributed by atoms with Gasteiger partial charge in [0.05, 0.1) is 19.2 Å². The van der Waals surface area contributed by atoms with Crippen LogP contribution in [-0.4, -0.2) is 32.8 Å². The van der Waals surface area contributed by atoms with E-state index in [1.54, 1.807) is 30.4 Å². The zero-order valence-corrected chi connectivity index (χ0v) is 18.6. The van der Waals surface area contributed by atoms with E-state index in [1.165, 1.54) is 0 Å². The van der Waals surface area contributed by atoms with Crippen molar-refractivity contribution in [2.75, 3.05) is 12.4 Å². The van der Waals surface area contributed by atoms with Gasteiger partial charge in [0, 0.05) is 35.4 Å². The molecular formula is C27H23N5O2. The van der Waals surface area contributed by atoms with Gasteiger partial charge in [0.2, 0.25) is 0 Å². The number of methoxy groups -OCH3 is 1. The molecule has 2 aromatic heterocycles. The summed E-state index contributed by atoms with van der Waals surface area (Å²) >= 11 is 0. The number of rotatable bonds is 7. The van der Waals surface area contributed by atoms with Crippen LogP contribution in [0, 0.1) is 0 Å². The van der Waals surface area contributed by atoms with Crippen molar-refractivity contribution in [3.8, 4) is 28.4 Å². The van der Waals surface area contributed by atoms with Crippen LogP contribution < -0.4 is 10.1 Å². The number of ether oxygens (including phenoxy) is 1. The van der Waals surface area contributed by atoms with Crippen LogP contribution in [-0.2, 0) is 6.54 Å². The van der Waals surface area contributed by atoms with Gasteiger partial charge in [-0.05, 0) is 54.1 Å². The fraction of sp³-hybridized carbons (Fsp3) is 0.0741.